The van der Waals surface area contributed by atoms with Crippen LogP contribution in [0.1, 0.15) is 37.7 Å². The number of hydrogen-bond donors (Lipinski definition) is 1. The van der Waals surface area contributed by atoms with E-state index in [9.17, 15) is 9.59 Å². The first-order valence-corrected chi connectivity index (χ1v) is 12.3. The third kappa shape index (κ3) is 4.99. The second-order valence-corrected chi connectivity index (χ2v) is 9.65. The van der Waals surface area contributed by atoms with Gasteiger partial charge in [-0.3, -0.25) is 14.9 Å². The third-order valence-corrected chi connectivity index (χ3v) is 7.27. The maximum absolute atomic E-state index is 13.1. The van der Waals surface area contributed by atoms with E-state index in [-0.39, 0.29) is 11.8 Å². The molecule has 3 unspecified atom stereocenters. The fourth-order valence-electron chi connectivity index (χ4n) is 5.65. The zero-order valence-corrected chi connectivity index (χ0v) is 20.5. The van der Waals surface area contributed by atoms with E-state index in [0.717, 1.165) is 51.1 Å². The number of fused-ring (bicyclic) bond motifs is 1. The minimum absolute atomic E-state index is 0.231. The quantitative estimate of drug-likeness (QED) is 0.441. The van der Waals surface area contributed by atoms with Crippen LogP contribution < -0.4 is 10.1 Å². The first-order valence-electron chi connectivity index (χ1n) is 12.3. The van der Waals surface area contributed by atoms with Crippen LogP contribution in [0.25, 0.3) is 0 Å². The Morgan fingerprint density at radius 1 is 1.18 bits per heavy atom. The summed E-state index contributed by atoms with van der Waals surface area (Å²) in [4.78, 5) is 28.3. The van der Waals surface area contributed by atoms with Crippen molar-refractivity contribution in [1.29, 1.82) is 0 Å². The van der Waals surface area contributed by atoms with Gasteiger partial charge in [0.05, 0.1) is 26.2 Å². The Kier molecular flexibility index (Phi) is 7.61. The van der Waals surface area contributed by atoms with Gasteiger partial charge in [0.2, 0.25) is 11.8 Å². The topological polar surface area (TPSA) is 77.1 Å². The predicted octanol–water partition coefficient (Wildman–Crippen LogP) is 3.59. The van der Waals surface area contributed by atoms with Crippen molar-refractivity contribution >= 4 is 11.8 Å². The molecule has 0 saturated carbocycles. The van der Waals surface area contributed by atoms with E-state index in [1.807, 2.05) is 18.2 Å². The van der Waals surface area contributed by atoms with E-state index in [1.165, 1.54) is 12.7 Å². The van der Waals surface area contributed by atoms with Crippen LogP contribution in [0, 0.1) is 24.2 Å². The Morgan fingerprint density at radius 2 is 2.03 bits per heavy atom. The molecule has 3 aliphatic rings. The molecule has 2 aliphatic heterocycles. The highest BCUT2D eigenvalue weighted by molar-refractivity contribution is 6.10. The second-order valence-electron chi connectivity index (χ2n) is 9.65. The van der Waals surface area contributed by atoms with Crippen LogP contribution >= 0.6 is 0 Å². The van der Waals surface area contributed by atoms with E-state index in [2.05, 4.69) is 29.3 Å². The Morgan fingerprint density at radius 3 is 2.79 bits per heavy atom. The lowest BCUT2D eigenvalue weighted by atomic mass is 9.67. The maximum atomic E-state index is 13.1. The lowest BCUT2D eigenvalue weighted by molar-refractivity contribution is -0.127. The van der Waals surface area contributed by atoms with Crippen LogP contribution in [0.2, 0.25) is 0 Å². The van der Waals surface area contributed by atoms with Crippen molar-refractivity contribution in [2.45, 2.75) is 39.0 Å². The molecule has 0 radical (unpaired) electrons. The maximum Gasteiger partial charge on any atom is 0.238 e. The summed E-state index contributed by atoms with van der Waals surface area (Å²) in [6, 6.07) is 8.13. The molecule has 7 nitrogen and oxygen atoms in total. The summed E-state index contributed by atoms with van der Waals surface area (Å²) < 4.78 is 16.9. The fraction of sp³-hybridized carbons (Fsp3) is 0.556. The molecule has 1 aromatic carbocycles. The molecule has 4 rings (SSSR count). The number of benzene rings is 1. The Labute approximate surface area is 202 Å². The molecule has 2 saturated heterocycles. The van der Waals surface area contributed by atoms with Gasteiger partial charge in [-0.2, -0.15) is 0 Å². The van der Waals surface area contributed by atoms with Crippen LogP contribution in [0.5, 0.6) is 5.75 Å². The van der Waals surface area contributed by atoms with Crippen molar-refractivity contribution in [3.8, 4) is 5.75 Å². The largest absolute Gasteiger partial charge is 0.496 e. The lowest BCUT2D eigenvalue weighted by Crippen LogP contribution is -2.40. The fourth-order valence-corrected chi connectivity index (χ4v) is 5.65. The molecule has 184 valence electrons. The number of aryl methyl sites for hydroxylation is 1. The van der Waals surface area contributed by atoms with Gasteiger partial charge in [-0.1, -0.05) is 24.6 Å². The summed E-state index contributed by atoms with van der Waals surface area (Å²) in [5, 5.41) is 2.56. The predicted molar refractivity (Wildman–Crippen MR) is 129 cm³/mol. The van der Waals surface area contributed by atoms with Crippen LogP contribution in [0.3, 0.4) is 0 Å². The number of hydrogen-bond acceptors (Lipinski definition) is 6. The summed E-state index contributed by atoms with van der Waals surface area (Å²) in [7, 11) is 3.08. The van der Waals surface area contributed by atoms with Crippen LogP contribution in [-0.4, -0.2) is 57.2 Å². The second kappa shape index (κ2) is 10.6. The molecule has 1 aromatic rings. The zero-order valence-electron chi connectivity index (χ0n) is 20.5. The van der Waals surface area contributed by atoms with E-state index >= 15 is 0 Å². The van der Waals surface area contributed by atoms with Gasteiger partial charge in [0, 0.05) is 13.1 Å². The number of carbonyl (C=O) groups is 2. The highest BCUT2D eigenvalue weighted by atomic mass is 16.5. The molecular weight excluding hydrogens is 432 g/mol. The molecule has 0 aromatic heterocycles. The monoisotopic (exact) mass is 468 g/mol. The normalized spacial score (nSPS) is 27.3. The number of amides is 2. The number of imide groups is 1. The summed E-state index contributed by atoms with van der Waals surface area (Å²) in [5.74, 6) is 0.953. The molecule has 0 spiro atoms. The Hall–Kier alpha value is -2.80. The first-order chi connectivity index (χ1) is 16.5. The van der Waals surface area contributed by atoms with Crippen molar-refractivity contribution in [2.75, 3.05) is 40.5 Å². The molecule has 2 fully saturated rings. The van der Waals surface area contributed by atoms with Gasteiger partial charge in [0.15, 0.2) is 11.5 Å². The highest BCUT2D eigenvalue weighted by Crippen LogP contribution is 2.49. The summed E-state index contributed by atoms with van der Waals surface area (Å²) >= 11 is 0. The van der Waals surface area contributed by atoms with Crippen molar-refractivity contribution in [3.63, 3.8) is 0 Å². The summed E-state index contributed by atoms with van der Waals surface area (Å²) in [6.07, 6.45) is 8.52. The van der Waals surface area contributed by atoms with Gasteiger partial charge in [-0.25, -0.2) is 0 Å². The van der Waals surface area contributed by atoms with Gasteiger partial charge in [-0.15, -0.1) is 0 Å². The number of methoxy groups -OCH3 is 2. The molecule has 0 bridgehead atoms. The molecule has 1 aliphatic carbocycles. The van der Waals surface area contributed by atoms with Gasteiger partial charge in [0.1, 0.15) is 11.7 Å². The van der Waals surface area contributed by atoms with Crippen molar-refractivity contribution in [1.82, 2.24) is 10.2 Å². The molecule has 34 heavy (non-hydrogen) atoms. The van der Waals surface area contributed by atoms with Crippen molar-refractivity contribution in [3.05, 3.63) is 53.5 Å². The molecule has 1 N–H and O–H groups in total. The van der Waals surface area contributed by atoms with Crippen molar-refractivity contribution in [2.24, 2.45) is 17.3 Å². The number of likely N-dealkylation sites (tertiary alicyclic amines) is 1. The zero-order chi connectivity index (χ0) is 24.1. The van der Waals surface area contributed by atoms with Gasteiger partial charge >= 0.3 is 0 Å². The number of rotatable bonds is 9. The van der Waals surface area contributed by atoms with Gasteiger partial charge in [0.25, 0.3) is 0 Å². The average molecular weight is 469 g/mol. The van der Waals surface area contributed by atoms with Gasteiger partial charge in [-0.05, 0) is 68.8 Å². The number of ether oxygens (including phenoxy) is 3. The Balaban J connectivity index is 1.39. The molecular formula is C27H36N2O5. The van der Waals surface area contributed by atoms with E-state index in [1.54, 1.807) is 13.2 Å². The molecule has 7 heteroatoms. The SMILES string of the molecule is COC1=C(OC)C2C(=O)NC(=O)C2(CC2CCCCN(CCCOc3cccc(C)c3)C2)C=C1. The van der Waals surface area contributed by atoms with E-state index in [4.69, 9.17) is 14.2 Å². The smallest absolute Gasteiger partial charge is 0.238 e. The molecule has 3 atom stereocenters. The number of nitrogens with one attached hydrogen (secondary N) is 1. The molecule has 2 heterocycles. The van der Waals surface area contributed by atoms with Crippen LogP contribution in [-0.2, 0) is 19.1 Å². The van der Waals surface area contributed by atoms with Crippen LogP contribution in [0.4, 0.5) is 0 Å². The van der Waals surface area contributed by atoms with Crippen molar-refractivity contribution < 1.29 is 23.8 Å². The highest BCUT2D eigenvalue weighted by Gasteiger charge is 2.58. The van der Waals surface area contributed by atoms with Gasteiger partial charge < -0.3 is 19.1 Å². The van der Waals surface area contributed by atoms with Crippen LogP contribution in [0.15, 0.2) is 47.9 Å². The number of allylic oxidation sites excluding steroid dienone is 1. The number of carbonyl (C=O) groups excluding carboxylic acids is 2. The summed E-state index contributed by atoms with van der Waals surface area (Å²) in [6.45, 7) is 5.66. The number of nitrogens with zero attached hydrogens (tertiary/aromatic N) is 1. The van der Waals surface area contributed by atoms with E-state index < -0.39 is 11.3 Å². The standard InChI is InChI=1S/C27H36N2O5/c1-19-8-6-10-21(16-19)34-15-7-14-29-13-5-4-9-20(18-29)17-27-12-11-22(32-2)24(33-3)23(27)25(30)28-26(27)31/h6,8,10-12,16,20,23H,4-5,7,9,13-15,17-18H2,1-3H3,(H,28,30,31). The average Bonchev–Trinajstić information content (AvgIpc) is 2.95. The summed E-state index contributed by atoms with van der Waals surface area (Å²) in [5.41, 5.74) is 0.278. The van der Waals surface area contributed by atoms with E-state index in [0.29, 0.717) is 30.5 Å². The Bertz CT molecular complexity index is 972. The minimum atomic E-state index is -0.917. The molecule has 2 amide bonds. The lowest BCUT2D eigenvalue weighted by Gasteiger charge is -2.36. The minimum Gasteiger partial charge on any atom is -0.496 e. The third-order valence-electron chi connectivity index (χ3n) is 7.27. The first kappa shape index (κ1) is 24.3.